The fourth-order valence-electron chi connectivity index (χ4n) is 3.30. The van der Waals surface area contributed by atoms with Crippen LogP contribution in [0.2, 0.25) is 0 Å². The van der Waals surface area contributed by atoms with Gasteiger partial charge in [-0.05, 0) is 37.6 Å². The molecule has 0 spiro atoms. The Kier molecular flexibility index (Phi) is 6.16. The van der Waals surface area contributed by atoms with Crippen LogP contribution in [0, 0.1) is 0 Å². The van der Waals surface area contributed by atoms with Gasteiger partial charge in [0.05, 0.1) is 19.2 Å². The van der Waals surface area contributed by atoms with E-state index in [2.05, 4.69) is 15.2 Å². The first-order chi connectivity index (χ1) is 13.0. The van der Waals surface area contributed by atoms with Crippen molar-refractivity contribution in [2.24, 2.45) is 0 Å². The van der Waals surface area contributed by atoms with Crippen LogP contribution in [0.15, 0.2) is 42.6 Å². The number of pyridine rings is 1. The van der Waals surface area contributed by atoms with E-state index in [0.717, 1.165) is 36.5 Å². The summed E-state index contributed by atoms with van der Waals surface area (Å²) in [5.41, 5.74) is 2.17. The van der Waals surface area contributed by atoms with Crippen LogP contribution in [-0.2, 0) is 4.79 Å². The van der Waals surface area contributed by atoms with Crippen LogP contribution < -0.4 is 19.7 Å². The highest BCUT2D eigenvalue weighted by Gasteiger charge is 2.24. The molecule has 1 saturated heterocycles. The average Bonchev–Trinajstić information content (AvgIpc) is 3.11. The van der Waals surface area contributed by atoms with Gasteiger partial charge in [0, 0.05) is 37.8 Å². The molecule has 1 amide bonds. The Labute approximate surface area is 160 Å². The lowest BCUT2D eigenvalue weighted by Gasteiger charge is -2.20. The number of nitrogens with one attached hydrogen (secondary N) is 1. The number of ether oxygens (including phenoxy) is 2. The SMILES string of the molecule is CCOc1cc(N2CCC(Oc3ccc([C@H](C)NC(C)=O)cc3)C2)ccn1. The van der Waals surface area contributed by atoms with Crippen molar-refractivity contribution < 1.29 is 14.3 Å². The topological polar surface area (TPSA) is 63.7 Å². The van der Waals surface area contributed by atoms with Crippen molar-refractivity contribution in [1.82, 2.24) is 10.3 Å². The number of nitrogens with zero attached hydrogens (tertiary/aromatic N) is 2. The number of benzene rings is 1. The first-order valence-corrected chi connectivity index (χ1v) is 9.42. The molecule has 1 unspecified atom stereocenters. The Hall–Kier alpha value is -2.76. The molecule has 1 aliphatic rings. The second-order valence-corrected chi connectivity index (χ2v) is 6.75. The summed E-state index contributed by atoms with van der Waals surface area (Å²) in [5.74, 6) is 1.48. The lowest BCUT2D eigenvalue weighted by Crippen LogP contribution is -2.25. The van der Waals surface area contributed by atoms with Crippen molar-refractivity contribution in [2.45, 2.75) is 39.3 Å². The summed E-state index contributed by atoms with van der Waals surface area (Å²) < 4.78 is 11.6. The third-order valence-corrected chi connectivity index (χ3v) is 4.62. The second kappa shape index (κ2) is 8.75. The van der Waals surface area contributed by atoms with E-state index in [9.17, 15) is 4.79 Å². The summed E-state index contributed by atoms with van der Waals surface area (Å²) >= 11 is 0. The Balaban J connectivity index is 1.56. The van der Waals surface area contributed by atoms with Crippen LogP contribution in [0.1, 0.15) is 38.8 Å². The van der Waals surface area contributed by atoms with Gasteiger partial charge in [-0.15, -0.1) is 0 Å². The first kappa shape index (κ1) is 19.0. The maximum absolute atomic E-state index is 11.2. The van der Waals surface area contributed by atoms with Crippen molar-refractivity contribution in [3.05, 3.63) is 48.2 Å². The van der Waals surface area contributed by atoms with Gasteiger partial charge in [0.1, 0.15) is 11.9 Å². The van der Waals surface area contributed by atoms with E-state index in [1.54, 1.807) is 6.20 Å². The highest BCUT2D eigenvalue weighted by Crippen LogP contribution is 2.26. The van der Waals surface area contributed by atoms with E-state index >= 15 is 0 Å². The molecule has 2 aromatic rings. The lowest BCUT2D eigenvalue weighted by molar-refractivity contribution is -0.119. The molecule has 0 aliphatic carbocycles. The molecule has 1 aromatic carbocycles. The van der Waals surface area contributed by atoms with Gasteiger partial charge in [0.25, 0.3) is 0 Å². The van der Waals surface area contributed by atoms with Crippen molar-refractivity contribution in [2.75, 3.05) is 24.6 Å². The van der Waals surface area contributed by atoms with Gasteiger partial charge >= 0.3 is 0 Å². The molecule has 27 heavy (non-hydrogen) atoms. The molecule has 1 N–H and O–H groups in total. The molecule has 0 saturated carbocycles. The molecular formula is C21H27N3O3. The van der Waals surface area contributed by atoms with Crippen LogP contribution in [-0.4, -0.2) is 36.7 Å². The minimum atomic E-state index is -0.0301. The number of hydrogen-bond acceptors (Lipinski definition) is 5. The van der Waals surface area contributed by atoms with Gasteiger partial charge in [0.2, 0.25) is 11.8 Å². The molecule has 6 nitrogen and oxygen atoms in total. The minimum absolute atomic E-state index is 0.00949. The number of amides is 1. The number of rotatable bonds is 7. The van der Waals surface area contributed by atoms with Gasteiger partial charge in [-0.25, -0.2) is 4.98 Å². The predicted octanol–water partition coefficient (Wildman–Crippen LogP) is 3.34. The van der Waals surface area contributed by atoms with E-state index in [1.165, 1.54) is 6.92 Å². The smallest absolute Gasteiger partial charge is 0.217 e. The predicted molar refractivity (Wildman–Crippen MR) is 105 cm³/mol. The molecular weight excluding hydrogens is 342 g/mol. The van der Waals surface area contributed by atoms with Crippen LogP contribution >= 0.6 is 0 Å². The van der Waals surface area contributed by atoms with Gasteiger partial charge in [-0.1, -0.05) is 12.1 Å². The summed E-state index contributed by atoms with van der Waals surface area (Å²) in [6, 6.07) is 11.9. The van der Waals surface area contributed by atoms with Crippen LogP contribution in [0.5, 0.6) is 11.6 Å². The molecule has 144 valence electrons. The van der Waals surface area contributed by atoms with E-state index in [1.807, 2.05) is 50.2 Å². The molecule has 3 rings (SSSR count). The zero-order valence-electron chi connectivity index (χ0n) is 16.1. The maximum Gasteiger partial charge on any atom is 0.217 e. The summed E-state index contributed by atoms with van der Waals surface area (Å²) in [6.45, 7) is 7.84. The molecule has 2 heterocycles. The molecule has 2 atom stereocenters. The van der Waals surface area contributed by atoms with Crippen molar-refractivity contribution in [3.63, 3.8) is 0 Å². The van der Waals surface area contributed by atoms with Crippen LogP contribution in [0.25, 0.3) is 0 Å². The largest absolute Gasteiger partial charge is 0.489 e. The Morgan fingerprint density at radius 1 is 1.33 bits per heavy atom. The molecule has 1 fully saturated rings. The van der Waals surface area contributed by atoms with E-state index in [4.69, 9.17) is 9.47 Å². The number of aromatic nitrogens is 1. The molecule has 6 heteroatoms. The quantitative estimate of drug-likeness (QED) is 0.811. The van der Waals surface area contributed by atoms with E-state index in [-0.39, 0.29) is 18.1 Å². The first-order valence-electron chi connectivity index (χ1n) is 9.42. The van der Waals surface area contributed by atoms with E-state index < -0.39 is 0 Å². The summed E-state index contributed by atoms with van der Waals surface area (Å²) in [4.78, 5) is 17.7. The molecule has 1 aromatic heterocycles. The monoisotopic (exact) mass is 369 g/mol. The normalized spacial score (nSPS) is 17.4. The zero-order valence-corrected chi connectivity index (χ0v) is 16.1. The van der Waals surface area contributed by atoms with Crippen molar-refractivity contribution >= 4 is 11.6 Å². The highest BCUT2D eigenvalue weighted by atomic mass is 16.5. The molecule has 1 aliphatic heterocycles. The fourth-order valence-corrected chi connectivity index (χ4v) is 3.30. The second-order valence-electron chi connectivity index (χ2n) is 6.75. The average molecular weight is 369 g/mol. The van der Waals surface area contributed by atoms with Crippen molar-refractivity contribution in [1.29, 1.82) is 0 Å². The van der Waals surface area contributed by atoms with Gasteiger partial charge in [0.15, 0.2) is 0 Å². The highest BCUT2D eigenvalue weighted by molar-refractivity contribution is 5.73. The molecule has 0 bridgehead atoms. The van der Waals surface area contributed by atoms with Gasteiger partial charge in [-0.3, -0.25) is 4.79 Å². The van der Waals surface area contributed by atoms with E-state index in [0.29, 0.717) is 12.5 Å². The lowest BCUT2D eigenvalue weighted by atomic mass is 10.1. The maximum atomic E-state index is 11.2. The van der Waals surface area contributed by atoms with Gasteiger partial charge < -0.3 is 19.7 Å². The number of hydrogen-bond donors (Lipinski definition) is 1. The fraction of sp³-hybridized carbons (Fsp3) is 0.429. The Morgan fingerprint density at radius 3 is 2.81 bits per heavy atom. The van der Waals surface area contributed by atoms with Crippen LogP contribution in [0.3, 0.4) is 0 Å². The number of carbonyl (C=O) groups excluding carboxylic acids is 1. The minimum Gasteiger partial charge on any atom is -0.489 e. The summed E-state index contributed by atoms with van der Waals surface area (Å²) in [7, 11) is 0. The van der Waals surface area contributed by atoms with Crippen LogP contribution in [0.4, 0.5) is 5.69 Å². The third-order valence-electron chi connectivity index (χ3n) is 4.62. The number of anilines is 1. The third kappa shape index (κ3) is 5.12. The Morgan fingerprint density at radius 2 is 2.11 bits per heavy atom. The summed E-state index contributed by atoms with van der Waals surface area (Å²) in [6.07, 6.45) is 2.90. The Bertz CT molecular complexity index is 764. The summed E-state index contributed by atoms with van der Waals surface area (Å²) in [5, 5.41) is 2.89. The van der Waals surface area contributed by atoms with Gasteiger partial charge in [-0.2, -0.15) is 0 Å². The standard InChI is InChI=1S/C21H27N3O3/c1-4-26-21-13-18(9-11-22-21)24-12-10-20(14-24)27-19-7-5-17(6-8-19)15(2)23-16(3)25/h5-9,11,13,15,20H,4,10,12,14H2,1-3H3,(H,23,25)/t15-,20?/m0/s1. The molecule has 0 radical (unpaired) electrons. The number of carbonyl (C=O) groups is 1. The van der Waals surface area contributed by atoms with Crippen molar-refractivity contribution in [3.8, 4) is 11.6 Å². The zero-order chi connectivity index (χ0) is 19.2.